The second-order valence-electron chi connectivity index (χ2n) is 6.43. The molecule has 0 saturated heterocycles. The molecule has 1 unspecified atom stereocenters. The molecule has 0 radical (unpaired) electrons. The molecule has 0 spiro atoms. The van der Waals surface area contributed by atoms with E-state index >= 15 is 0 Å². The predicted molar refractivity (Wildman–Crippen MR) is 105 cm³/mol. The van der Waals surface area contributed by atoms with Gasteiger partial charge in [-0.25, -0.2) is 4.98 Å². The quantitative estimate of drug-likeness (QED) is 0.548. The van der Waals surface area contributed by atoms with Crippen molar-refractivity contribution in [1.29, 1.82) is 0 Å². The molecule has 0 saturated carbocycles. The van der Waals surface area contributed by atoms with Gasteiger partial charge in [-0.3, -0.25) is 9.59 Å². The third-order valence-electron chi connectivity index (χ3n) is 4.62. The van der Waals surface area contributed by atoms with Crippen LogP contribution in [0.5, 0.6) is 0 Å². The fraction of sp³-hybridized carbons (Fsp3) is 0.250. The number of thioether (sulfide) groups is 1. The van der Waals surface area contributed by atoms with Gasteiger partial charge in [-0.1, -0.05) is 48.2 Å². The average molecular weight is 365 g/mol. The number of carbonyl (C=O) groups excluding carboxylic acids is 1. The average Bonchev–Trinajstić information content (AvgIpc) is 3.11. The van der Waals surface area contributed by atoms with E-state index in [-0.39, 0.29) is 16.7 Å². The number of aromatic nitrogens is 2. The number of amides is 1. The van der Waals surface area contributed by atoms with Gasteiger partial charge in [0.15, 0.2) is 5.16 Å². The van der Waals surface area contributed by atoms with Crippen molar-refractivity contribution in [3.63, 3.8) is 0 Å². The van der Waals surface area contributed by atoms with Crippen molar-refractivity contribution in [3.8, 4) is 0 Å². The van der Waals surface area contributed by atoms with Crippen LogP contribution in [0.1, 0.15) is 24.6 Å². The van der Waals surface area contributed by atoms with E-state index in [4.69, 9.17) is 0 Å². The van der Waals surface area contributed by atoms with E-state index in [2.05, 4.69) is 15.3 Å². The van der Waals surface area contributed by atoms with Crippen LogP contribution in [0.3, 0.4) is 0 Å². The van der Waals surface area contributed by atoms with Gasteiger partial charge in [0, 0.05) is 16.6 Å². The Morgan fingerprint density at radius 2 is 2.00 bits per heavy atom. The maximum atomic E-state index is 12.6. The third-order valence-corrected chi connectivity index (χ3v) is 5.61. The maximum absolute atomic E-state index is 12.6. The molecule has 2 N–H and O–H groups in total. The maximum Gasteiger partial charge on any atom is 0.254 e. The Bertz CT molecular complexity index is 1040. The lowest BCUT2D eigenvalue weighted by atomic mass is 10.1. The lowest BCUT2D eigenvalue weighted by Gasteiger charge is -2.13. The number of hydrogen-bond donors (Lipinski definition) is 2. The minimum Gasteiger partial charge on any atom is -0.325 e. The highest BCUT2D eigenvalue weighted by Crippen LogP contribution is 2.26. The standard InChI is InChI=1S/C20H19N3O2S/c1-12(26-20-22-17-11-5-9-15(17)19(25)23-20)18(24)21-16-10-4-7-13-6-2-3-8-14(13)16/h2-4,6-8,10,12H,5,9,11H2,1H3,(H,21,24)(H,22,23,25). The molecule has 1 atom stereocenters. The number of anilines is 1. The number of hydrogen-bond acceptors (Lipinski definition) is 4. The molecule has 1 aromatic heterocycles. The highest BCUT2D eigenvalue weighted by molar-refractivity contribution is 8.00. The van der Waals surface area contributed by atoms with Gasteiger partial charge >= 0.3 is 0 Å². The Kier molecular flexibility index (Phi) is 4.51. The minimum absolute atomic E-state index is 0.0725. The molecule has 6 heteroatoms. The van der Waals surface area contributed by atoms with Gasteiger partial charge in [-0.15, -0.1) is 0 Å². The van der Waals surface area contributed by atoms with E-state index in [1.54, 1.807) is 0 Å². The Morgan fingerprint density at radius 1 is 1.19 bits per heavy atom. The van der Waals surface area contributed by atoms with E-state index in [0.717, 1.165) is 47.0 Å². The largest absolute Gasteiger partial charge is 0.325 e. The summed E-state index contributed by atoms with van der Waals surface area (Å²) in [5.41, 5.74) is 2.38. The number of fused-ring (bicyclic) bond motifs is 2. The number of H-pyrrole nitrogens is 1. The topological polar surface area (TPSA) is 74.8 Å². The van der Waals surface area contributed by atoms with Crippen LogP contribution >= 0.6 is 11.8 Å². The summed E-state index contributed by atoms with van der Waals surface area (Å²) in [5, 5.41) is 5.21. The summed E-state index contributed by atoms with van der Waals surface area (Å²) < 4.78 is 0. The molecule has 3 aromatic rings. The molecule has 132 valence electrons. The molecule has 1 aliphatic rings. The van der Waals surface area contributed by atoms with Gasteiger partial charge in [0.2, 0.25) is 5.91 Å². The van der Waals surface area contributed by atoms with E-state index < -0.39 is 0 Å². The minimum atomic E-state index is -0.378. The molecule has 26 heavy (non-hydrogen) atoms. The number of aryl methyl sites for hydroxylation is 1. The lowest BCUT2D eigenvalue weighted by molar-refractivity contribution is -0.115. The fourth-order valence-electron chi connectivity index (χ4n) is 3.26. The van der Waals surface area contributed by atoms with E-state index in [0.29, 0.717) is 5.16 Å². The molecule has 0 bridgehead atoms. The van der Waals surface area contributed by atoms with Crippen LogP contribution in [0, 0.1) is 0 Å². The van der Waals surface area contributed by atoms with E-state index in [9.17, 15) is 9.59 Å². The first-order valence-electron chi connectivity index (χ1n) is 8.69. The van der Waals surface area contributed by atoms with Crippen LogP contribution in [0.2, 0.25) is 0 Å². The first kappa shape index (κ1) is 16.8. The highest BCUT2D eigenvalue weighted by atomic mass is 32.2. The fourth-order valence-corrected chi connectivity index (χ4v) is 4.08. The Hall–Kier alpha value is -2.60. The van der Waals surface area contributed by atoms with Crippen molar-refractivity contribution in [3.05, 3.63) is 64.1 Å². The van der Waals surface area contributed by atoms with E-state index in [1.165, 1.54) is 11.8 Å². The zero-order chi connectivity index (χ0) is 18.1. The Morgan fingerprint density at radius 3 is 2.88 bits per heavy atom. The van der Waals surface area contributed by atoms with Crippen molar-refractivity contribution in [1.82, 2.24) is 9.97 Å². The number of rotatable bonds is 4. The smallest absolute Gasteiger partial charge is 0.254 e. The molecule has 0 fully saturated rings. The molecular formula is C20H19N3O2S. The highest BCUT2D eigenvalue weighted by Gasteiger charge is 2.21. The SMILES string of the molecule is CC(Sc1nc2c(c(=O)[nH]1)CCC2)C(=O)Nc1cccc2ccccc12. The molecule has 5 nitrogen and oxygen atoms in total. The van der Waals surface area contributed by atoms with Crippen LogP contribution in [-0.4, -0.2) is 21.1 Å². The summed E-state index contributed by atoms with van der Waals surface area (Å²) >= 11 is 1.28. The number of carbonyl (C=O) groups is 1. The molecular weight excluding hydrogens is 346 g/mol. The van der Waals surface area contributed by atoms with Gasteiger partial charge < -0.3 is 10.3 Å². The van der Waals surface area contributed by atoms with Crippen LogP contribution < -0.4 is 10.9 Å². The summed E-state index contributed by atoms with van der Waals surface area (Å²) in [6.07, 6.45) is 2.60. The number of aromatic amines is 1. The van der Waals surface area contributed by atoms with Crippen LogP contribution in [-0.2, 0) is 17.6 Å². The Labute approximate surface area is 155 Å². The zero-order valence-corrected chi connectivity index (χ0v) is 15.2. The number of benzene rings is 2. The normalized spacial score (nSPS) is 14.2. The summed E-state index contributed by atoms with van der Waals surface area (Å²) in [6, 6.07) is 13.8. The summed E-state index contributed by atoms with van der Waals surface area (Å²) in [6.45, 7) is 1.82. The van der Waals surface area contributed by atoms with Crippen molar-refractivity contribution in [2.45, 2.75) is 36.6 Å². The molecule has 1 aliphatic carbocycles. The molecule has 1 amide bonds. The molecule has 1 heterocycles. The van der Waals surface area contributed by atoms with Crippen LogP contribution in [0.15, 0.2) is 52.4 Å². The Balaban J connectivity index is 1.52. The molecule has 2 aromatic carbocycles. The van der Waals surface area contributed by atoms with Gasteiger partial charge in [-0.2, -0.15) is 0 Å². The van der Waals surface area contributed by atoms with Gasteiger partial charge in [-0.05, 0) is 37.6 Å². The number of nitrogens with zero attached hydrogens (tertiary/aromatic N) is 1. The first-order valence-corrected chi connectivity index (χ1v) is 9.57. The lowest BCUT2D eigenvalue weighted by Crippen LogP contribution is -2.24. The van der Waals surface area contributed by atoms with Gasteiger partial charge in [0.1, 0.15) is 0 Å². The summed E-state index contributed by atoms with van der Waals surface area (Å²) in [7, 11) is 0. The van der Waals surface area contributed by atoms with Crippen LogP contribution in [0.4, 0.5) is 5.69 Å². The molecule has 0 aliphatic heterocycles. The predicted octanol–water partition coefficient (Wildman–Crippen LogP) is 3.53. The van der Waals surface area contributed by atoms with Crippen molar-refractivity contribution in [2.75, 3.05) is 5.32 Å². The zero-order valence-electron chi connectivity index (χ0n) is 14.4. The van der Waals surface area contributed by atoms with Crippen LogP contribution in [0.25, 0.3) is 10.8 Å². The van der Waals surface area contributed by atoms with Crippen molar-refractivity contribution < 1.29 is 4.79 Å². The third kappa shape index (κ3) is 3.24. The van der Waals surface area contributed by atoms with Gasteiger partial charge in [0.25, 0.3) is 5.56 Å². The summed E-state index contributed by atoms with van der Waals surface area (Å²) in [5.74, 6) is -0.116. The number of nitrogens with one attached hydrogen (secondary N) is 2. The van der Waals surface area contributed by atoms with Crippen molar-refractivity contribution in [2.24, 2.45) is 0 Å². The second-order valence-corrected chi connectivity index (χ2v) is 7.76. The monoisotopic (exact) mass is 365 g/mol. The summed E-state index contributed by atoms with van der Waals surface area (Å²) in [4.78, 5) is 32.1. The molecule has 4 rings (SSSR count). The van der Waals surface area contributed by atoms with E-state index in [1.807, 2.05) is 49.4 Å². The second kappa shape index (κ2) is 6.96. The van der Waals surface area contributed by atoms with Gasteiger partial charge in [0.05, 0.1) is 10.9 Å². The van der Waals surface area contributed by atoms with Crippen molar-refractivity contribution >= 4 is 34.1 Å². The first-order chi connectivity index (χ1) is 12.6.